The van der Waals surface area contributed by atoms with E-state index in [2.05, 4.69) is 20.7 Å². The van der Waals surface area contributed by atoms with Crippen molar-refractivity contribution in [3.8, 4) is 0 Å². The standard InChI is InChI=1S/C9H12BrClN2O3S2/c1-17(14)3-2-13-18(15,16)8-5-6(11)4-7(12)9(8)10/h4-5,13H,2-3,12H2,1H3. The minimum atomic E-state index is -3.73. The molecule has 0 saturated heterocycles. The summed E-state index contributed by atoms with van der Waals surface area (Å²) in [6, 6.07) is 2.75. The monoisotopic (exact) mass is 374 g/mol. The molecule has 0 aliphatic rings. The maximum Gasteiger partial charge on any atom is 0.241 e. The number of hydrogen-bond acceptors (Lipinski definition) is 4. The van der Waals surface area contributed by atoms with Crippen LogP contribution in [-0.2, 0) is 20.8 Å². The maximum atomic E-state index is 12.0. The van der Waals surface area contributed by atoms with Gasteiger partial charge in [0.1, 0.15) is 0 Å². The first-order valence-electron chi connectivity index (χ1n) is 4.78. The maximum absolute atomic E-state index is 12.0. The SMILES string of the molecule is CS(=O)CCNS(=O)(=O)c1cc(Cl)cc(N)c1Br. The minimum Gasteiger partial charge on any atom is -0.398 e. The van der Waals surface area contributed by atoms with Crippen LogP contribution in [0.5, 0.6) is 0 Å². The van der Waals surface area contributed by atoms with Crippen LogP contribution in [0.2, 0.25) is 5.02 Å². The van der Waals surface area contributed by atoms with Crippen LogP contribution in [0.25, 0.3) is 0 Å². The Hall–Kier alpha value is -0.150. The van der Waals surface area contributed by atoms with Crippen LogP contribution in [-0.4, -0.2) is 31.2 Å². The topological polar surface area (TPSA) is 89.3 Å². The van der Waals surface area contributed by atoms with E-state index in [1.54, 1.807) is 0 Å². The first kappa shape index (κ1) is 15.9. The van der Waals surface area contributed by atoms with E-state index in [0.717, 1.165) is 0 Å². The van der Waals surface area contributed by atoms with E-state index in [-0.39, 0.29) is 32.4 Å². The molecule has 0 aliphatic heterocycles. The number of anilines is 1. The minimum absolute atomic E-state index is 0.0330. The van der Waals surface area contributed by atoms with Gasteiger partial charge in [-0.2, -0.15) is 0 Å². The molecule has 102 valence electrons. The van der Waals surface area contributed by atoms with Gasteiger partial charge in [0, 0.05) is 40.1 Å². The zero-order valence-corrected chi connectivity index (χ0v) is 13.4. The van der Waals surface area contributed by atoms with E-state index in [1.807, 2.05) is 0 Å². The van der Waals surface area contributed by atoms with E-state index in [9.17, 15) is 12.6 Å². The van der Waals surface area contributed by atoms with Crippen LogP contribution in [0.3, 0.4) is 0 Å². The average molecular weight is 376 g/mol. The molecule has 3 N–H and O–H groups in total. The molecule has 0 radical (unpaired) electrons. The number of nitrogens with two attached hydrogens (primary N) is 1. The first-order valence-corrected chi connectivity index (χ1v) is 9.16. The average Bonchev–Trinajstić information content (AvgIpc) is 2.22. The first-order chi connectivity index (χ1) is 8.24. The van der Waals surface area contributed by atoms with Gasteiger partial charge in [0.2, 0.25) is 10.0 Å². The second-order valence-corrected chi connectivity index (χ2v) is 8.00. The molecule has 1 atom stereocenters. The largest absolute Gasteiger partial charge is 0.398 e. The van der Waals surface area contributed by atoms with Gasteiger partial charge in [0.05, 0.1) is 9.37 Å². The lowest BCUT2D eigenvalue weighted by Crippen LogP contribution is -2.28. The van der Waals surface area contributed by atoms with Crippen LogP contribution >= 0.6 is 27.5 Å². The molecule has 0 bridgehead atoms. The molecule has 0 spiro atoms. The van der Waals surface area contributed by atoms with Gasteiger partial charge < -0.3 is 5.73 Å². The quantitative estimate of drug-likeness (QED) is 0.760. The number of halogens is 2. The van der Waals surface area contributed by atoms with Gasteiger partial charge >= 0.3 is 0 Å². The highest BCUT2D eigenvalue weighted by atomic mass is 79.9. The van der Waals surface area contributed by atoms with Crippen molar-refractivity contribution in [1.82, 2.24) is 4.72 Å². The Kier molecular flexibility index (Phi) is 5.60. The normalized spacial score (nSPS) is 13.5. The van der Waals surface area contributed by atoms with Crippen molar-refractivity contribution in [1.29, 1.82) is 0 Å². The molecule has 0 amide bonds. The highest BCUT2D eigenvalue weighted by Crippen LogP contribution is 2.31. The van der Waals surface area contributed by atoms with Gasteiger partial charge in [-0.15, -0.1) is 0 Å². The lowest BCUT2D eigenvalue weighted by Gasteiger charge is -2.10. The summed E-state index contributed by atoms with van der Waals surface area (Å²) in [5.41, 5.74) is 5.86. The summed E-state index contributed by atoms with van der Waals surface area (Å²) in [6.07, 6.45) is 1.50. The van der Waals surface area contributed by atoms with Crippen molar-refractivity contribution in [2.75, 3.05) is 24.3 Å². The highest BCUT2D eigenvalue weighted by Gasteiger charge is 2.19. The Morgan fingerprint density at radius 3 is 2.67 bits per heavy atom. The van der Waals surface area contributed by atoms with Gasteiger partial charge in [-0.05, 0) is 28.1 Å². The Bertz CT molecular complexity index is 577. The van der Waals surface area contributed by atoms with Crippen molar-refractivity contribution < 1.29 is 12.6 Å². The fourth-order valence-electron chi connectivity index (χ4n) is 1.18. The molecule has 0 fully saturated rings. The molecule has 0 saturated carbocycles. The second-order valence-electron chi connectivity index (χ2n) is 3.48. The fraction of sp³-hybridized carbons (Fsp3) is 0.333. The van der Waals surface area contributed by atoms with Gasteiger partial charge in [0.25, 0.3) is 0 Å². The Morgan fingerprint density at radius 1 is 1.50 bits per heavy atom. The van der Waals surface area contributed by atoms with Crippen LogP contribution in [0, 0.1) is 0 Å². The molecule has 1 rings (SSSR count). The predicted molar refractivity (Wildman–Crippen MR) is 77.7 cm³/mol. The summed E-state index contributed by atoms with van der Waals surface area (Å²) in [5, 5.41) is 0.232. The van der Waals surface area contributed by atoms with Gasteiger partial charge in [-0.3, -0.25) is 4.21 Å². The van der Waals surface area contributed by atoms with E-state index in [1.165, 1.54) is 18.4 Å². The van der Waals surface area contributed by atoms with Crippen molar-refractivity contribution in [2.24, 2.45) is 0 Å². The third-order valence-electron chi connectivity index (χ3n) is 2.00. The Balaban J connectivity index is 3.02. The van der Waals surface area contributed by atoms with E-state index in [4.69, 9.17) is 17.3 Å². The van der Waals surface area contributed by atoms with Crippen LogP contribution in [0.15, 0.2) is 21.5 Å². The Labute approximate surface area is 122 Å². The summed E-state index contributed by atoms with van der Waals surface area (Å²) < 4.78 is 37.4. The predicted octanol–water partition coefficient (Wildman–Crippen LogP) is 1.34. The van der Waals surface area contributed by atoms with Crippen molar-refractivity contribution >= 4 is 54.0 Å². The number of sulfonamides is 1. The summed E-state index contributed by atoms with van der Waals surface area (Å²) >= 11 is 8.88. The van der Waals surface area contributed by atoms with Gasteiger partial charge in [0.15, 0.2) is 0 Å². The van der Waals surface area contributed by atoms with Crippen molar-refractivity contribution in [2.45, 2.75) is 4.90 Å². The van der Waals surface area contributed by atoms with Crippen LogP contribution < -0.4 is 10.5 Å². The zero-order valence-electron chi connectivity index (χ0n) is 9.44. The number of nitrogen functional groups attached to an aromatic ring is 1. The van der Waals surface area contributed by atoms with E-state index < -0.39 is 20.8 Å². The lowest BCUT2D eigenvalue weighted by atomic mass is 10.3. The summed E-state index contributed by atoms with van der Waals surface area (Å²) in [4.78, 5) is -0.0330. The van der Waals surface area contributed by atoms with E-state index in [0.29, 0.717) is 0 Å². The molecule has 1 aromatic rings. The lowest BCUT2D eigenvalue weighted by molar-refractivity contribution is 0.583. The second kappa shape index (κ2) is 6.33. The van der Waals surface area contributed by atoms with Gasteiger partial charge in [-0.1, -0.05) is 11.6 Å². The molecule has 1 aromatic carbocycles. The molecule has 5 nitrogen and oxygen atoms in total. The zero-order chi connectivity index (χ0) is 13.9. The van der Waals surface area contributed by atoms with Crippen molar-refractivity contribution in [3.63, 3.8) is 0 Å². The molecule has 0 aliphatic carbocycles. The van der Waals surface area contributed by atoms with Crippen LogP contribution in [0.1, 0.15) is 0 Å². The molecule has 1 unspecified atom stereocenters. The fourth-order valence-corrected chi connectivity index (χ4v) is 4.02. The summed E-state index contributed by atoms with van der Waals surface area (Å²) in [7, 11) is -4.79. The Morgan fingerprint density at radius 2 is 2.11 bits per heavy atom. The molecule has 18 heavy (non-hydrogen) atoms. The molecular formula is C9H12BrClN2O3S2. The third kappa shape index (κ3) is 4.20. The summed E-state index contributed by atoms with van der Waals surface area (Å²) in [5.74, 6) is 0.243. The number of nitrogens with one attached hydrogen (secondary N) is 1. The molecule has 0 heterocycles. The number of benzene rings is 1. The van der Waals surface area contributed by atoms with Crippen molar-refractivity contribution in [3.05, 3.63) is 21.6 Å². The molecule has 0 aromatic heterocycles. The highest BCUT2D eigenvalue weighted by molar-refractivity contribution is 9.10. The smallest absolute Gasteiger partial charge is 0.241 e. The van der Waals surface area contributed by atoms with E-state index >= 15 is 0 Å². The number of rotatable bonds is 5. The van der Waals surface area contributed by atoms with Gasteiger partial charge in [-0.25, -0.2) is 13.1 Å². The summed E-state index contributed by atoms with van der Waals surface area (Å²) in [6.45, 7) is 0.0876. The molecular weight excluding hydrogens is 364 g/mol. The molecule has 9 heteroatoms. The van der Waals surface area contributed by atoms with Crippen LogP contribution in [0.4, 0.5) is 5.69 Å². The number of hydrogen-bond donors (Lipinski definition) is 2. The third-order valence-corrected chi connectivity index (χ3v) is 5.63.